The van der Waals surface area contributed by atoms with Gasteiger partial charge in [0, 0.05) is 48.9 Å². The highest BCUT2D eigenvalue weighted by molar-refractivity contribution is 6.03. The van der Waals surface area contributed by atoms with Gasteiger partial charge in [-0.05, 0) is 31.2 Å². The van der Waals surface area contributed by atoms with Gasteiger partial charge < -0.3 is 19.6 Å². The van der Waals surface area contributed by atoms with Gasteiger partial charge in [-0.2, -0.15) is 0 Å². The second-order valence-corrected chi connectivity index (χ2v) is 7.85. The van der Waals surface area contributed by atoms with E-state index in [0.717, 1.165) is 18.8 Å². The van der Waals surface area contributed by atoms with Crippen molar-refractivity contribution in [2.75, 3.05) is 36.4 Å². The predicted molar refractivity (Wildman–Crippen MR) is 104 cm³/mol. The molecule has 0 radical (unpaired) electrons. The summed E-state index contributed by atoms with van der Waals surface area (Å²) in [6.45, 7) is 10.6. The molecular formula is C20H26N4O3. The highest BCUT2D eigenvalue weighted by Crippen LogP contribution is 2.22. The number of nitrogens with one attached hydrogen (secondary N) is 1. The number of carbonyl (C=O) groups is 2. The van der Waals surface area contributed by atoms with Crippen LogP contribution < -0.4 is 10.2 Å². The Labute approximate surface area is 159 Å². The standard InChI is InChI=1S/C20H26N4O3/c1-14-13-17(22-27-14)21-18(25)15-5-7-16(8-6-15)23-9-11-24(12-10-23)19(26)20(2,3)4/h5-8,13H,9-12H2,1-4H3,(H,21,22,25). The summed E-state index contributed by atoms with van der Waals surface area (Å²) in [5, 5.41) is 6.47. The van der Waals surface area contributed by atoms with E-state index >= 15 is 0 Å². The molecule has 2 heterocycles. The lowest BCUT2D eigenvalue weighted by molar-refractivity contribution is -0.139. The van der Waals surface area contributed by atoms with E-state index in [9.17, 15) is 9.59 Å². The first-order chi connectivity index (χ1) is 12.7. The number of aromatic nitrogens is 1. The maximum atomic E-state index is 12.4. The van der Waals surface area contributed by atoms with Crippen LogP contribution in [-0.2, 0) is 4.79 Å². The van der Waals surface area contributed by atoms with Crippen LogP contribution >= 0.6 is 0 Å². The second kappa shape index (κ2) is 7.42. The average molecular weight is 370 g/mol. The summed E-state index contributed by atoms with van der Waals surface area (Å²) >= 11 is 0. The third-order valence-electron chi connectivity index (χ3n) is 4.57. The summed E-state index contributed by atoms with van der Waals surface area (Å²) in [5.41, 5.74) is 1.26. The van der Waals surface area contributed by atoms with Crippen molar-refractivity contribution in [3.63, 3.8) is 0 Å². The van der Waals surface area contributed by atoms with Gasteiger partial charge in [-0.25, -0.2) is 0 Å². The number of anilines is 2. The van der Waals surface area contributed by atoms with Crippen LogP contribution in [0.1, 0.15) is 36.9 Å². The molecule has 1 aliphatic heterocycles. The molecule has 2 amide bonds. The number of rotatable bonds is 3. The smallest absolute Gasteiger partial charge is 0.256 e. The molecule has 144 valence electrons. The fraction of sp³-hybridized carbons (Fsp3) is 0.450. The molecule has 7 heteroatoms. The predicted octanol–water partition coefficient (Wildman–Crippen LogP) is 2.93. The molecule has 7 nitrogen and oxygen atoms in total. The van der Waals surface area contributed by atoms with Gasteiger partial charge in [-0.15, -0.1) is 0 Å². The van der Waals surface area contributed by atoms with Crippen LogP contribution in [0.4, 0.5) is 11.5 Å². The number of hydrogen-bond donors (Lipinski definition) is 1. The van der Waals surface area contributed by atoms with Gasteiger partial charge in [0.1, 0.15) is 5.76 Å². The summed E-state index contributed by atoms with van der Waals surface area (Å²) < 4.78 is 4.95. The minimum Gasteiger partial charge on any atom is -0.368 e. The average Bonchev–Trinajstić information content (AvgIpc) is 3.05. The summed E-state index contributed by atoms with van der Waals surface area (Å²) in [6.07, 6.45) is 0. The van der Waals surface area contributed by atoms with Crippen molar-refractivity contribution in [2.45, 2.75) is 27.7 Å². The lowest BCUT2D eigenvalue weighted by Gasteiger charge is -2.38. The van der Waals surface area contributed by atoms with Crippen LogP contribution in [0, 0.1) is 12.3 Å². The summed E-state index contributed by atoms with van der Waals surface area (Å²) in [5.74, 6) is 1.01. The molecule has 1 aromatic carbocycles. The molecule has 1 fully saturated rings. The number of nitrogens with zero attached hydrogens (tertiary/aromatic N) is 3. The summed E-state index contributed by atoms with van der Waals surface area (Å²) in [6, 6.07) is 9.13. The van der Waals surface area contributed by atoms with Gasteiger partial charge in [0.15, 0.2) is 5.82 Å². The van der Waals surface area contributed by atoms with Crippen molar-refractivity contribution in [3.05, 3.63) is 41.7 Å². The zero-order chi connectivity index (χ0) is 19.6. The Kier molecular flexibility index (Phi) is 5.21. The maximum absolute atomic E-state index is 12.4. The van der Waals surface area contributed by atoms with E-state index in [1.165, 1.54) is 0 Å². The van der Waals surface area contributed by atoms with Crippen LogP contribution in [0.15, 0.2) is 34.9 Å². The van der Waals surface area contributed by atoms with Gasteiger partial charge in [-0.3, -0.25) is 9.59 Å². The highest BCUT2D eigenvalue weighted by Gasteiger charge is 2.29. The fourth-order valence-electron chi connectivity index (χ4n) is 3.08. The Balaban J connectivity index is 1.58. The Bertz CT molecular complexity index is 812. The van der Waals surface area contributed by atoms with Gasteiger partial charge in [0.25, 0.3) is 5.91 Å². The Morgan fingerprint density at radius 3 is 2.22 bits per heavy atom. The zero-order valence-electron chi connectivity index (χ0n) is 16.3. The van der Waals surface area contributed by atoms with Crippen LogP contribution in [0.5, 0.6) is 0 Å². The molecule has 0 aliphatic carbocycles. The number of amides is 2. The Morgan fingerprint density at radius 2 is 1.70 bits per heavy atom. The largest absolute Gasteiger partial charge is 0.368 e. The lowest BCUT2D eigenvalue weighted by atomic mass is 9.94. The molecule has 0 unspecified atom stereocenters. The van der Waals surface area contributed by atoms with Crippen molar-refractivity contribution in [1.29, 1.82) is 0 Å². The van der Waals surface area contributed by atoms with E-state index in [1.54, 1.807) is 25.1 Å². The van der Waals surface area contributed by atoms with Crippen molar-refractivity contribution >= 4 is 23.3 Å². The monoisotopic (exact) mass is 370 g/mol. The number of aryl methyl sites for hydroxylation is 1. The number of benzene rings is 1. The van der Waals surface area contributed by atoms with Gasteiger partial charge >= 0.3 is 0 Å². The van der Waals surface area contributed by atoms with E-state index in [4.69, 9.17) is 4.52 Å². The molecule has 0 spiro atoms. The topological polar surface area (TPSA) is 78.7 Å². The van der Waals surface area contributed by atoms with E-state index in [-0.39, 0.29) is 17.2 Å². The molecule has 3 rings (SSSR count). The quantitative estimate of drug-likeness (QED) is 0.899. The minimum absolute atomic E-state index is 0.192. The molecule has 0 bridgehead atoms. The van der Waals surface area contributed by atoms with Gasteiger partial charge in [0.2, 0.25) is 5.91 Å². The van der Waals surface area contributed by atoms with E-state index < -0.39 is 0 Å². The van der Waals surface area contributed by atoms with Crippen molar-refractivity contribution in [3.8, 4) is 0 Å². The molecule has 27 heavy (non-hydrogen) atoms. The summed E-state index contributed by atoms with van der Waals surface area (Å²) in [7, 11) is 0. The normalized spacial score (nSPS) is 15.0. The van der Waals surface area contributed by atoms with E-state index in [0.29, 0.717) is 30.2 Å². The lowest BCUT2D eigenvalue weighted by Crippen LogP contribution is -2.51. The zero-order valence-corrected chi connectivity index (χ0v) is 16.3. The van der Waals surface area contributed by atoms with Crippen molar-refractivity contribution in [1.82, 2.24) is 10.1 Å². The molecule has 0 saturated carbocycles. The first-order valence-electron chi connectivity index (χ1n) is 9.13. The van der Waals surface area contributed by atoms with Gasteiger partial charge in [-0.1, -0.05) is 25.9 Å². The molecule has 1 aromatic heterocycles. The number of hydrogen-bond acceptors (Lipinski definition) is 5. The number of piperazine rings is 1. The Hall–Kier alpha value is -2.83. The van der Waals surface area contributed by atoms with Crippen molar-refractivity contribution in [2.24, 2.45) is 5.41 Å². The first-order valence-corrected chi connectivity index (χ1v) is 9.13. The van der Waals surface area contributed by atoms with Crippen LogP contribution in [0.3, 0.4) is 0 Å². The molecule has 1 N–H and O–H groups in total. The highest BCUT2D eigenvalue weighted by atomic mass is 16.5. The maximum Gasteiger partial charge on any atom is 0.256 e. The molecule has 0 atom stereocenters. The minimum atomic E-state index is -0.348. The Morgan fingerprint density at radius 1 is 1.07 bits per heavy atom. The molecule has 2 aromatic rings. The molecule has 1 aliphatic rings. The summed E-state index contributed by atoms with van der Waals surface area (Å²) in [4.78, 5) is 28.8. The first kappa shape index (κ1) is 18.9. The van der Waals surface area contributed by atoms with Gasteiger partial charge in [0.05, 0.1) is 0 Å². The third kappa shape index (κ3) is 4.48. The SMILES string of the molecule is Cc1cc(NC(=O)c2ccc(N3CCN(C(=O)C(C)(C)C)CC3)cc2)no1. The molecular weight excluding hydrogens is 344 g/mol. The van der Waals surface area contributed by atoms with Crippen LogP contribution in [0.25, 0.3) is 0 Å². The fourth-order valence-corrected chi connectivity index (χ4v) is 3.08. The van der Waals surface area contributed by atoms with E-state index in [2.05, 4.69) is 15.4 Å². The third-order valence-corrected chi connectivity index (χ3v) is 4.57. The molecule has 1 saturated heterocycles. The number of carbonyl (C=O) groups excluding carboxylic acids is 2. The van der Waals surface area contributed by atoms with Crippen LogP contribution in [-0.4, -0.2) is 48.0 Å². The second-order valence-electron chi connectivity index (χ2n) is 7.85. The van der Waals surface area contributed by atoms with Crippen molar-refractivity contribution < 1.29 is 14.1 Å². The van der Waals surface area contributed by atoms with E-state index in [1.807, 2.05) is 37.8 Å². The van der Waals surface area contributed by atoms with Crippen LogP contribution in [0.2, 0.25) is 0 Å².